The van der Waals surface area contributed by atoms with Crippen molar-refractivity contribution in [3.8, 4) is 5.88 Å². The van der Waals surface area contributed by atoms with Gasteiger partial charge in [-0.05, 0) is 11.6 Å². The normalized spacial score (nSPS) is 19.5. The van der Waals surface area contributed by atoms with E-state index >= 15 is 0 Å². The average Bonchev–Trinajstić information content (AvgIpc) is 3.25. The molecule has 0 saturated carbocycles. The van der Waals surface area contributed by atoms with Crippen molar-refractivity contribution in [2.75, 3.05) is 6.54 Å². The Morgan fingerprint density at radius 2 is 2.21 bits per heavy atom. The number of rotatable bonds is 5. The SMILES string of the molecule is C=CCn1c[c-]c2c3ccccc3nc(OC3C[C@@H](C(=O)OP)N(P)C3)c21.[W]. The summed E-state index contributed by atoms with van der Waals surface area (Å²) in [6, 6.07) is 10.9. The van der Waals surface area contributed by atoms with Crippen molar-refractivity contribution in [1.29, 1.82) is 0 Å². The third-order valence-corrected chi connectivity index (χ3v) is 5.58. The standard InChI is InChI=1S/C19H20N3O3P2.W/c1-2-8-21-9-7-14-13-5-3-4-6-15(13)20-18(17(14)21)24-12-10-16(19(23)25-27)22(26)11-12;/h2-6,9,12,16H,1,8,10-11,26-27H2;/q-1;/t12?,16-;/m0./s1. The van der Waals surface area contributed by atoms with Crippen molar-refractivity contribution in [2.45, 2.75) is 25.1 Å². The molecule has 1 fully saturated rings. The van der Waals surface area contributed by atoms with E-state index < -0.39 is 0 Å². The number of fused-ring (bicyclic) bond motifs is 3. The van der Waals surface area contributed by atoms with Crippen LogP contribution in [0.5, 0.6) is 5.88 Å². The van der Waals surface area contributed by atoms with Crippen LogP contribution in [0, 0.1) is 6.07 Å². The van der Waals surface area contributed by atoms with Crippen LogP contribution < -0.4 is 4.74 Å². The van der Waals surface area contributed by atoms with Crippen LogP contribution in [0.4, 0.5) is 0 Å². The van der Waals surface area contributed by atoms with E-state index in [1.165, 1.54) is 0 Å². The Morgan fingerprint density at radius 3 is 2.96 bits per heavy atom. The number of ether oxygens (including phenoxy) is 1. The summed E-state index contributed by atoms with van der Waals surface area (Å²) in [4.78, 5) is 16.7. The molecule has 4 rings (SSSR count). The minimum absolute atomic E-state index is 0. The molecule has 28 heavy (non-hydrogen) atoms. The van der Waals surface area contributed by atoms with Gasteiger partial charge in [-0.15, -0.1) is 12.6 Å². The quantitative estimate of drug-likeness (QED) is 0.262. The average molecular weight is 584 g/mol. The van der Waals surface area contributed by atoms with Gasteiger partial charge in [0.25, 0.3) is 0 Å². The van der Waals surface area contributed by atoms with Gasteiger partial charge in [0, 0.05) is 46.1 Å². The van der Waals surface area contributed by atoms with E-state index in [-0.39, 0.29) is 39.2 Å². The van der Waals surface area contributed by atoms with Crippen LogP contribution in [-0.4, -0.2) is 38.9 Å². The first-order valence-corrected chi connectivity index (χ1v) is 9.60. The number of aromatic nitrogens is 2. The number of benzene rings is 1. The van der Waals surface area contributed by atoms with Gasteiger partial charge in [0.15, 0.2) is 5.88 Å². The molecule has 9 heteroatoms. The fourth-order valence-corrected chi connectivity index (χ4v) is 4.17. The van der Waals surface area contributed by atoms with Crippen LogP contribution in [0.2, 0.25) is 0 Å². The molecule has 0 bridgehead atoms. The van der Waals surface area contributed by atoms with E-state index in [0.29, 0.717) is 25.4 Å². The molecule has 2 aromatic heterocycles. The summed E-state index contributed by atoms with van der Waals surface area (Å²) in [7, 11) is 4.58. The molecule has 0 spiro atoms. The van der Waals surface area contributed by atoms with E-state index in [0.717, 1.165) is 21.8 Å². The van der Waals surface area contributed by atoms with Crippen molar-refractivity contribution in [2.24, 2.45) is 0 Å². The molecule has 0 N–H and O–H groups in total. The Bertz CT molecular complexity index is 1030. The monoisotopic (exact) mass is 584 g/mol. The van der Waals surface area contributed by atoms with Crippen molar-refractivity contribution in [3.63, 3.8) is 0 Å². The molecule has 3 heterocycles. The van der Waals surface area contributed by atoms with Gasteiger partial charge in [0.2, 0.25) is 0 Å². The summed E-state index contributed by atoms with van der Waals surface area (Å²) in [5, 5.41) is 2.00. The van der Waals surface area contributed by atoms with Gasteiger partial charge in [0.05, 0.1) is 9.47 Å². The van der Waals surface area contributed by atoms with Crippen molar-refractivity contribution >= 4 is 46.6 Å². The van der Waals surface area contributed by atoms with E-state index in [9.17, 15) is 4.79 Å². The minimum atomic E-state index is -0.347. The summed E-state index contributed by atoms with van der Waals surface area (Å²) in [6.07, 6.45) is 4.11. The number of carbonyl (C=O) groups excluding carboxylic acids is 1. The third-order valence-electron chi connectivity index (χ3n) is 4.78. The molecule has 4 atom stereocenters. The zero-order chi connectivity index (χ0) is 19.0. The first kappa shape index (κ1) is 21.4. The summed E-state index contributed by atoms with van der Waals surface area (Å²) in [5.74, 6) is 0.260. The maximum atomic E-state index is 11.9. The van der Waals surface area contributed by atoms with Crippen molar-refractivity contribution in [3.05, 3.63) is 49.2 Å². The molecule has 3 aromatic rings. The molecular weight excluding hydrogens is 564 g/mol. The van der Waals surface area contributed by atoms with Crippen LogP contribution in [-0.2, 0) is 36.9 Å². The van der Waals surface area contributed by atoms with Gasteiger partial charge in [-0.1, -0.05) is 39.2 Å². The number of para-hydroxylation sites is 1. The van der Waals surface area contributed by atoms with Crippen LogP contribution in [0.3, 0.4) is 0 Å². The third kappa shape index (κ3) is 3.89. The summed E-state index contributed by atoms with van der Waals surface area (Å²) in [5.41, 5.74) is 1.75. The van der Waals surface area contributed by atoms with Crippen LogP contribution in [0.25, 0.3) is 21.8 Å². The number of nitrogens with zero attached hydrogens (tertiary/aromatic N) is 3. The summed E-state index contributed by atoms with van der Waals surface area (Å²) < 4.78 is 15.0. The fraction of sp³-hybridized carbons (Fsp3) is 0.263. The van der Waals surface area contributed by atoms with Crippen LogP contribution >= 0.6 is 18.9 Å². The van der Waals surface area contributed by atoms with E-state index in [1.54, 1.807) is 0 Å². The van der Waals surface area contributed by atoms with Gasteiger partial charge in [0.1, 0.15) is 12.1 Å². The number of hydrogen-bond acceptors (Lipinski definition) is 5. The summed E-state index contributed by atoms with van der Waals surface area (Å²) in [6.45, 7) is 5.06. The van der Waals surface area contributed by atoms with E-state index in [2.05, 4.69) is 22.0 Å². The first-order chi connectivity index (χ1) is 13.1. The van der Waals surface area contributed by atoms with E-state index in [4.69, 9.17) is 14.2 Å². The second kappa shape index (κ2) is 9.01. The van der Waals surface area contributed by atoms with Gasteiger partial charge < -0.3 is 13.8 Å². The Hall–Kier alpha value is -1.31. The first-order valence-electron chi connectivity index (χ1n) is 8.61. The smallest absolute Gasteiger partial charge is 0.325 e. The van der Waals surface area contributed by atoms with Gasteiger partial charge in [-0.2, -0.15) is 11.5 Å². The molecule has 0 amide bonds. The van der Waals surface area contributed by atoms with Gasteiger partial charge in [-0.3, -0.25) is 9.46 Å². The molecule has 146 valence electrons. The topological polar surface area (TPSA) is 56.6 Å². The van der Waals surface area contributed by atoms with E-state index in [1.807, 2.05) is 55.2 Å². The Balaban J connectivity index is 0.00000225. The van der Waals surface area contributed by atoms with Gasteiger partial charge >= 0.3 is 5.97 Å². The maximum absolute atomic E-state index is 11.9. The summed E-state index contributed by atoms with van der Waals surface area (Å²) >= 11 is 0. The maximum Gasteiger partial charge on any atom is 0.325 e. The minimum Gasteiger partial charge on any atom is -0.481 e. The largest absolute Gasteiger partial charge is 0.481 e. The van der Waals surface area contributed by atoms with Crippen LogP contribution in [0.15, 0.2) is 43.1 Å². The van der Waals surface area contributed by atoms with Gasteiger partial charge in [-0.25, -0.2) is 4.98 Å². The molecule has 3 unspecified atom stereocenters. The molecule has 0 aliphatic carbocycles. The number of pyridine rings is 1. The molecule has 1 aromatic carbocycles. The molecule has 1 aliphatic rings. The zero-order valence-corrected chi connectivity index (χ0v) is 20.3. The Kier molecular flexibility index (Phi) is 6.89. The second-order valence-electron chi connectivity index (χ2n) is 6.50. The molecule has 6 nitrogen and oxygen atoms in total. The zero-order valence-electron chi connectivity index (χ0n) is 15.1. The molecule has 1 aliphatic heterocycles. The number of allylic oxidation sites excluding steroid dienone is 1. The van der Waals surface area contributed by atoms with Crippen molar-refractivity contribution in [1.82, 2.24) is 14.2 Å². The Morgan fingerprint density at radius 1 is 1.43 bits per heavy atom. The Labute approximate surface area is 182 Å². The fourth-order valence-electron chi connectivity index (χ4n) is 3.54. The van der Waals surface area contributed by atoms with Crippen LogP contribution in [0.1, 0.15) is 6.42 Å². The second-order valence-corrected chi connectivity index (χ2v) is 7.40. The molecular formula is C19H20N3O3P2W-. The van der Waals surface area contributed by atoms with Crippen molar-refractivity contribution < 1.29 is 35.1 Å². The molecule has 0 radical (unpaired) electrons. The predicted octanol–water partition coefficient (Wildman–Crippen LogP) is 3.12. The molecule has 1 saturated heterocycles. The number of carbonyl (C=O) groups is 1. The number of hydrogen-bond donors (Lipinski definition) is 0. The predicted molar refractivity (Wildman–Crippen MR) is 111 cm³/mol.